The van der Waals surface area contributed by atoms with Crippen molar-refractivity contribution in [2.24, 2.45) is 17.8 Å². The van der Waals surface area contributed by atoms with E-state index >= 15 is 14.4 Å². The molecular weight excluding hydrogens is 654 g/mol. The van der Waals surface area contributed by atoms with Gasteiger partial charge < -0.3 is 29.3 Å². The van der Waals surface area contributed by atoms with Crippen molar-refractivity contribution in [2.75, 3.05) is 36.1 Å². The Hall–Kier alpha value is -4.73. The van der Waals surface area contributed by atoms with Crippen LogP contribution < -0.4 is 14.5 Å². The van der Waals surface area contributed by atoms with Crippen LogP contribution in [0.15, 0.2) is 98.1 Å². The van der Waals surface area contributed by atoms with Gasteiger partial charge in [-0.2, -0.15) is 0 Å². The van der Waals surface area contributed by atoms with Crippen LogP contribution in [0, 0.1) is 31.6 Å². The Balaban J connectivity index is 1.49. The summed E-state index contributed by atoms with van der Waals surface area (Å²) in [6.45, 7) is 18.2. The van der Waals surface area contributed by atoms with Crippen molar-refractivity contribution in [1.29, 1.82) is 0 Å². The number of aliphatic hydroxyl groups is 1. The Kier molecular flexibility index (Phi) is 10.5. The second kappa shape index (κ2) is 14.7. The van der Waals surface area contributed by atoms with Crippen LogP contribution in [0.25, 0.3) is 0 Å². The molecule has 3 fully saturated rings. The number of nitrogens with zero attached hydrogens (tertiary/aromatic N) is 3. The van der Waals surface area contributed by atoms with Gasteiger partial charge in [-0.3, -0.25) is 14.4 Å². The number of aliphatic hydroxyl groups excluding tert-OH is 1. The number of likely N-dealkylation sites (tertiary alicyclic amines) is 1. The molecule has 9 nitrogen and oxygen atoms in total. The van der Waals surface area contributed by atoms with Gasteiger partial charge in [-0.15, -0.1) is 13.2 Å². The smallest absolute Gasteiger partial charge is 0.253 e. The largest absolute Gasteiger partial charge is 0.494 e. The van der Waals surface area contributed by atoms with E-state index in [1.54, 1.807) is 26.9 Å². The highest BCUT2D eigenvalue weighted by molar-refractivity contribution is 6.07. The predicted octanol–water partition coefficient (Wildman–Crippen LogP) is 6.05. The zero-order valence-electron chi connectivity index (χ0n) is 31.0. The molecule has 6 rings (SSSR count). The van der Waals surface area contributed by atoms with Crippen molar-refractivity contribution in [3.05, 3.63) is 115 Å². The molecular formula is C43H51N3O6. The second-order valence-corrected chi connectivity index (χ2v) is 14.7. The predicted molar refractivity (Wildman–Crippen MR) is 203 cm³/mol. The number of hydrogen-bond donors (Lipinski definition) is 1. The maximum atomic E-state index is 15.4. The fourth-order valence-corrected chi connectivity index (χ4v) is 8.96. The number of anilines is 2. The zero-order chi connectivity index (χ0) is 37.4. The van der Waals surface area contributed by atoms with Gasteiger partial charge in [0, 0.05) is 24.5 Å². The molecule has 7 atom stereocenters. The Labute approximate surface area is 307 Å². The molecule has 3 aliphatic rings. The van der Waals surface area contributed by atoms with Crippen LogP contribution in [-0.2, 0) is 25.5 Å². The third-order valence-electron chi connectivity index (χ3n) is 11.4. The van der Waals surface area contributed by atoms with Gasteiger partial charge in [-0.05, 0) is 93.5 Å². The molecule has 9 heteroatoms. The van der Waals surface area contributed by atoms with Gasteiger partial charge in [0.1, 0.15) is 17.4 Å². The van der Waals surface area contributed by atoms with Crippen LogP contribution in [0.5, 0.6) is 5.75 Å². The maximum absolute atomic E-state index is 15.4. The van der Waals surface area contributed by atoms with Crippen LogP contribution in [0.1, 0.15) is 43.9 Å². The van der Waals surface area contributed by atoms with Crippen LogP contribution in [0.3, 0.4) is 0 Å². The van der Waals surface area contributed by atoms with Crippen molar-refractivity contribution >= 4 is 29.1 Å². The van der Waals surface area contributed by atoms with Crippen molar-refractivity contribution in [3.8, 4) is 5.75 Å². The quantitative estimate of drug-likeness (QED) is 0.205. The molecule has 3 aliphatic heterocycles. The van der Waals surface area contributed by atoms with Crippen LogP contribution >= 0.6 is 0 Å². The maximum Gasteiger partial charge on any atom is 0.253 e. The molecule has 3 aromatic rings. The standard InChI is InChI=1S/C43H51N3O6/c1-8-22-44(32-18-20-34(21-19-32)51-10-3)39(48)36-37-40(49)46(33(27-47)25-31-14-12-11-13-15-31)38(43(37)26-30(6)42(36,7)52-43)41(50)45(23-9-2)35-24-28(4)16-17-29(35)5/h8-9,11-21,24,30,33,36-38,47H,1-2,10,22-23,25-27H2,3-7H3/t30?,33-,36-,37+,38?,42+,43?/m1/s1. The van der Waals surface area contributed by atoms with Crippen molar-refractivity contribution in [2.45, 2.75) is 70.7 Å². The first kappa shape index (κ1) is 37.0. The van der Waals surface area contributed by atoms with Gasteiger partial charge in [0.25, 0.3) is 5.91 Å². The highest BCUT2D eigenvalue weighted by Gasteiger charge is 2.80. The third-order valence-corrected chi connectivity index (χ3v) is 11.4. The van der Waals surface area contributed by atoms with Crippen molar-refractivity contribution < 1.29 is 29.0 Å². The summed E-state index contributed by atoms with van der Waals surface area (Å²) >= 11 is 0. The van der Waals surface area contributed by atoms with E-state index in [9.17, 15) is 5.11 Å². The summed E-state index contributed by atoms with van der Waals surface area (Å²) in [4.78, 5) is 50.6. The van der Waals surface area contributed by atoms with Gasteiger partial charge >= 0.3 is 0 Å². The number of carbonyl (C=O) groups excluding carboxylic acids is 3. The molecule has 3 heterocycles. The Morgan fingerprint density at radius 2 is 1.69 bits per heavy atom. The highest BCUT2D eigenvalue weighted by Crippen LogP contribution is 2.66. The molecule has 3 saturated heterocycles. The summed E-state index contributed by atoms with van der Waals surface area (Å²) in [5.41, 5.74) is 1.80. The lowest BCUT2D eigenvalue weighted by Crippen LogP contribution is -2.59. The third kappa shape index (κ3) is 6.13. The molecule has 0 radical (unpaired) electrons. The SMILES string of the molecule is C=CCN(C(=O)[C@H]1[C@H]2C(=O)N([C@@H](CO)Cc3ccccc3)C(C(=O)N(CC=C)c3cc(C)ccc3C)C23CC(C)[C@]1(C)O3)c1ccc(OCC)cc1. The summed E-state index contributed by atoms with van der Waals surface area (Å²) in [5.74, 6) is -2.29. The minimum atomic E-state index is -1.32. The van der Waals surface area contributed by atoms with Crippen LogP contribution in [0.4, 0.5) is 11.4 Å². The number of ether oxygens (including phenoxy) is 2. The van der Waals surface area contributed by atoms with Gasteiger partial charge in [0.05, 0.1) is 36.7 Å². The van der Waals surface area contributed by atoms with Crippen LogP contribution in [0.2, 0.25) is 0 Å². The molecule has 274 valence electrons. The van der Waals surface area contributed by atoms with Crippen molar-refractivity contribution in [3.63, 3.8) is 0 Å². The fourth-order valence-electron chi connectivity index (χ4n) is 8.96. The lowest BCUT2D eigenvalue weighted by Gasteiger charge is -2.40. The average Bonchev–Trinajstić information content (AvgIpc) is 3.66. The number of rotatable bonds is 14. The second-order valence-electron chi connectivity index (χ2n) is 14.7. The molecule has 3 aromatic carbocycles. The number of carbonyl (C=O) groups is 3. The van der Waals surface area contributed by atoms with Crippen LogP contribution in [-0.4, -0.2) is 77.3 Å². The van der Waals surface area contributed by atoms with E-state index in [2.05, 4.69) is 13.2 Å². The molecule has 52 heavy (non-hydrogen) atoms. The first-order valence-corrected chi connectivity index (χ1v) is 18.3. The Morgan fingerprint density at radius 3 is 2.33 bits per heavy atom. The van der Waals surface area contributed by atoms with E-state index < -0.39 is 35.1 Å². The van der Waals surface area contributed by atoms with E-state index in [-0.39, 0.29) is 43.3 Å². The van der Waals surface area contributed by atoms with E-state index in [0.29, 0.717) is 36.6 Å². The first-order chi connectivity index (χ1) is 24.9. The van der Waals surface area contributed by atoms with Gasteiger partial charge in [0.2, 0.25) is 11.8 Å². The number of fused-ring (bicyclic) bond motifs is 1. The van der Waals surface area contributed by atoms with Gasteiger partial charge in [-0.25, -0.2) is 0 Å². The van der Waals surface area contributed by atoms with Gasteiger partial charge in [-0.1, -0.05) is 61.5 Å². The van der Waals surface area contributed by atoms with E-state index in [4.69, 9.17) is 9.47 Å². The van der Waals surface area contributed by atoms with E-state index in [0.717, 1.165) is 16.7 Å². The number of hydrogen-bond acceptors (Lipinski definition) is 6. The minimum absolute atomic E-state index is 0.165. The van der Waals surface area contributed by atoms with E-state index in [1.165, 1.54) is 0 Å². The first-order valence-electron chi connectivity index (χ1n) is 18.3. The molecule has 3 unspecified atom stereocenters. The average molecular weight is 706 g/mol. The molecule has 0 saturated carbocycles. The Morgan fingerprint density at radius 1 is 1.02 bits per heavy atom. The number of amides is 3. The summed E-state index contributed by atoms with van der Waals surface area (Å²) in [5, 5.41) is 11.0. The molecule has 1 N–H and O–H groups in total. The summed E-state index contributed by atoms with van der Waals surface area (Å²) in [6.07, 6.45) is 4.06. The zero-order valence-corrected chi connectivity index (χ0v) is 31.0. The lowest BCUT2D eigenvalue weighted by atomic mass is 9.62. The molecule has 0 aliphatic carbocycles. The molecule has 1 spiro atoms. The molecule has 3 amide bonds. The fraction of sp³-hybridized carbons (Fsp3) is 0.419. The Bertz CT molecular complexity index is 1830. The monoisotopic (exact) mass is 705 g/mol. The lowest BCUT2D eigenvalue weighted by molar-refractivity contribution is -0.149. The summed E-state index contributed by atoms with van der Waals surface area (Å²) < 4.78 is 12.8. The molecule has 0 aromatic heterocycles. The minimum Gasteiger partial charge on any atom is -0.494 e. The van der Waals surface area contributed by atoms with Gasteiger partial charge in [0.15, 0.2) is 0 Å². The van der Waals surface area contributed by atoms with Crippen molar-refractivity contribution in [1.82, 2.24) is 4.90 Å². The highest BCUT2D eigenvalue weighted by atomic mass is 16.5. The summed E-state index contributed by atoms with van der Waals surface area (Å²) in [7, 11) is 0. The van der Waals surface area contributed by atoms with E-state index in [1.807, 2.05) is 107 Å². The molecule has 2 bridgehead atoms. The normalized spacial score (nSPS) is 26.5. The number of benzene rings is 3. The summed E-state index contributed by atoms with van der Waals surface area (Å²) in [6, 6.07) is 21.0. The topological polar surface area (TPSA) is 99.6 Å². The number of aryl methyl sites for hydroxylation is 2.